The van der Waals surface area contributed by atoms with Crippen molar-refractivity contribution in [3.05, 3.63) is 58.1 Å². The maximum absolute atomic E-state index is 12.6. The average molecular weight is 458 g/mol. The van der Waals surface area contributed by atoms with Crippen LogP contribution in [-0.2, 0) is 4.79 Å². The van der Waals surface area contributed by atoms with Gasteiger partial charge in [0.1, 0.15) is 11.6 Å². The second-order valence-electron chi connectivity index (χ2n) is 7.90. The summed E-state index contributed by atoms with van der Waals surface area (Å²) in [4.78, 5) is 19.9. The number of aryl methyl sites for hydroxylation is 1. The van der Waals surface area contributed by atoms with Crippen LogP contribution in [0.15, 0.2) is 42.5 Å². The van der Waals surface area contributed by atoms with E-state index >= 15 is 0 Å². The molecule has 1 fully saturated rings. The molecule has 4 rings (SSSR count). The Morgan fingerprint density at radius 3 is 2.61 bits per heavy atom. The van der Waals surface area contributed by atoms with Crippen molar-refractivity contribution in [2.24, 2.45) is 0 Å². The number of ether oxygens (including phenoxy) is 1. The van der Waals surface area contributed by atoms with Gasteiger partial charge in [-0.1, -0.05) is 23.2 Å². The summed E-state index contributed by atoms with van der Waals surface area (Å²) in [5, 5.41) is 4.82. The zero-order chi connectivity index (χ0) is 22.0. The predicted molar refractivity (Wildman–Crippen MR) is 128 cm³/mol. The summed E-state index contributed by atoms with van der Waals surface area (Å²) < 4.78 is 5.71. The molecule has 1 atom stereocenters. The molecule has 1 N–H and O–H groups in total. The van der Waals surface area contributed by atoms with E-state index in [1.807, 2.05) is 18.2 Å². The summed E-state index contributed by atoms with van der Waals surface area (Å²) in [6.07, 6.45) is 2.99. The fourth-order valence-electron chi connectivity index (χ4n) is 3.80. The van der Waals surface area contributed by atoms with Gasteiger partial charge in [-0.15, -0.1) is 0 Å². The Balaban J connectivity index is 1.48. The number of nitrogens with zero attached hydrogens (tertiary/aromatic N) is 2. The molecule has 2 aromatic carbocycles. The molecule has 162 valence electrons. The summed E-state index contributed by atoms with van der Waals surface area (Å²) in [5.41, 5.74) is 2.76. The van der Waals surface area contributed by atoms with Gasteiger partial charge in [0.05, 0.1) is 10.5 Å². The van der Waals surface area contributed by atoms with Crippen molar-refractivity contribution in [3.8, 4) is 5.75 Å². The number of aromatic nitrogens is 1. The third-order valence-corrected chi connectivity index (χ3v) is 6.05. The summed E-state index contributed by atoms with van der Waals surface area (Å²) >= 11 is 12.0. The van der Waals surface area contributed by atoms with Crippen LogP contribution in [0, 0.1) is 6.92 Å². The first-order valence-corrected chi connectivity index (χ1v) is 11.3. The molecule has 0 aliphatic carbocycles. The number of carbonyl (C=O) groups is 1. The quantitative estimate of drug-likeness (QED) is 0.491. The number of pyridine rings is 1. The number of piperidine rings is 1. The molecule has 0 radical (unpaired) electrons. The summed E-state index contributed by atoms with van der Waals surface area (Å²) in [5.74, 6) is 1.18. The largest absolute Gasteiger partial charge is 0.479 e. The Hall–Kier alpha value is -2.50. The summed E-state index contributed by atoms with van der Waals surface area (Å²) in [6.45, 7) is 5.87. The number of amides is 1. The van der Waals surface area contributed by atoms with Crippen LogP contribution in [0.3, 0.4) is 0 Å². The van der Waals surface area contributed by atoms with Gasteiger partial charge in [-0.05, 0) is 81.1 Å². The lowest BCUT2D eigenvalue weighted by atomic mass is 10.1. The minimum absolute atomic E-state index is 0.263. The molecule has 1 aliphatic heterocycles. The fraction of sp³-hybridized carbons (Fsp3) is 0.333. The zero-order valence-corrected chi connectivity index (χ0v) is 19.1. The fourth-order valence-corrected chi connectivity index (χ4v) is 4.25. The van der Waals surface area contributed by atoms with Gasteiger partial charge in [-0.25, -0.2) is 4.98 Å². The van der Waals surface area contributed by atoms with Crippen molar-refractivity contribution in [2.45, 2.75) is 39.2 Å². The summed E-state index contributed by atoms with van der Waals surface area (Å²) in [6, 6.07) is 12.8. The smallest absolute Gasteiger partial charge is 0.265 e. The lowest BCUT2D eigenvalue weighted by molar-refractivity contribution is -0.122. The van der Waals surface area contributed by atoms with Crippen LogP contribution in [0.25, 0.3) is 10.9 Å². The Morgan fingerprint density at radius 2 is 1.87 bits per heavy atom. The highest BCUT2D eigenvalue weighted by atomic mass is 35.5. The topological polar surface area (TPSA) is 54.5 Å². The Bertz CT molecular complexity index is 1110. The molecule has 0 spiro atoms. The van der Waals surface area contributed by atoms with Gasteiger partial charge in [0.2, 0.25) is 0 Å². The number of nitrogens with one attached hydrogen (secondary N) is 1. The molecule has 1 aromatic heterocycles. The van der Waals surface area contributed by atoms with Crippen LogP contribution in [0.5, 0.6) is 5.75 Å². The Morgan fingerprint density at radius 1 is 1.10 bits per heavy atom. The number of carbonyl (C=O) groups excluding carboxylic acids is 1. The molecular formula is C24H25Cl2N3O2. The van der Waals surface area contributed by atoms with Crippen LogP contribution >= 0.6 is 23.2 Å². The van der Waals surface area contributed by atoms with E-state index in [2.05, 4.69) is 23.2 Å². The highest BCUT2D eigenvalue weighted by Gasteiger charge is 2.18. The number of anilines is 2. The van der Waals surface area contributed by atoms with E-state index in [0.717, 1.165) is 35.4 Å². The lowest BCUT2D eigenvalue weighted by Gasteiger charge is -2.28. The first kappa shape index (κ1) is 21.7. The molecule has 7 heteroatoms. The Kier molecular flexibility index (Phi) is 6.54. The van der Waals surface area contributed by atoms with Crippen molar-refractivity contribution >= 4 is 51.5 Å². The molecule has 0 saturated carbocycles. The Labute approximate surface area is 192 Å². The van der Waals surface area contributed by atoms with Crippen LogP contribution in [-0.4, -0.2) is 30.1 Å². The first-order valence-electron chi connectivity index (χ1n) is 10.5. The molecule has 1 saturated heterocycles. The maximum Gasteiger partial charge on any atom is 0.265 e. The van der Waals surface area contributed by atoms with Gasteiger partial charge in [0.15, 0.2) is 6.10 Å². The van der Waals surface area contributed by atoms with Crippen LogP contribution in [0.1, 0.15) is 31.7 Å². The van der Waals surface area contributed by atoms with Gasteiger partial charge in [-0.3, -0.25) is 4.79 Å². The normalized spacial score (nSPS) is 15.0. The van der Waals surface area contributed by atoms with Gasteiger partial charge in [-0.2, -0.15) is 0 Å². The van der Waals surface area contributed by atoms with Gasteiger partial charge in [0.25, 0.3) is 5.91 Å². The van der Waals surface area contributed by atoms with Crippen molar-refractivity contribution < 1.29 is 9.53 Å². The number of benzene rings is 2. The monoisotopic (exact) mass is 457 g/mol. The highest BCUT2D eigenvalue weighted by molar-refractivity contribution is 6.35. The van der Waals surface area contributed by atoms with E-state index in [9.17, 15) is 4.79 Å². The van der Waals surface area contributed by atoms with Crippen molar-refractivity contribution in [3.63, 3.8) is 0 Å². The molecule has 5 nitrogen and oxygen atoms in total. The third kappa shape index (κ3) is 5.05. The number of rotatable bonds is 5. The SMILES string of the molecule is Cc1cc(N2CCCCC2)nc2ccc(NC(=O)[C@@H](C)Oc3ccc(Cl)cc3Cl)cc12. The number of halogens is 2. The van der Waals surface area contributed by atoms with E-state index in [4.69, 9.17) is 32.9 Å². The molecule has 31 heavy (non-hydrogen) atoms. The van der Waals surface area contributed by atoms with Crippen molar-refractivity contribution in [2.75, 3.05) is 23.3 Å². The van der Waals surface area contributed by atoms with Crippen molar-refractivity contribution in [1.29, 1.82) is 0 Å². The molecule has 1 aliphatic rings. The number of hydrogen-bond donors (Lipinski definition) is 1. The third-order valence-electron chi connectivity index (χ3n) is 5.52. The second-order valence-corrected chi connectivity index (χ2v) is 8.74. The maximum atomic E-state index is 12.6. The van der Waals surface area contributed by atoms with Crippen LogP contribution in [0.2, 0.25) is 10.0 Å². The van der Waals surface area contributed by atoms with E-state index in [1.165, 1.54) is 19.3 Å². The van der Waals surface area contributed by atoms with Crippen LogP contribution in [0.4, 0.5) is 11.5 Å². The van der Waals surface area contributed by atoms with Gasteiger partial charge >= 0.3 is 0 Å². The first-order chi connectivity index (χ1) is 14.9. The molecule has 2 heterocycles. The highest BCUT2D eigenvalue weighted by Crippen LogP contribution is 2.29. The average Bonchev–Trinajstić information content (AvgIpc) is 2.76. The minimum Gasteiger partial charge on any atom is -0.479 e. The molecule has 1 amide bonds. The minimum atomic E-state index is -0.727. The van der Waals surface area contributed by atoms with E-state index in [1.54, 1.807) is 25.1 Å². The number of hydrogen-bond acceptors (Lipinski definition) is 4. The molecule has 0 bridgehead atoms. The number of fused-ring (bicyclic) bond motifs is 1. The standard InChI is InChI=1S/C24H25Cl2N3O2/c1-15-12-23(29-10-4-3-5-11-29)28-21-8-7-18(14-19(15)21)27-24(30)16(2)31-22-9-6-17(25)13-20(22)26/h6-9,12-14,16H,3-5,10-11H2,1-2H3,(H,27,30)/t16-/m1/s1. The van der Waals surface area contributed by atoms with E-state index < -0.39 is 6.10 Å². The van der Waals surface area contributed by atoms with E-state index in [-0.39, 0.29) is 5.91 Å². The van der Waals surface area contributed by atoms with Gasteiger partial charge in [0, 0.05) is 29.2 Å². The second kappa shape index (κ2) is 9.33. The molecular weight excluding hydrogens is 433 g/mol. The molecule has 3 aromatic rings. The van der Waals surface area contributed by atoms with Gasteiger partial charge < -0.3 is 15.0 Å². The summed E-state index contributed by atoms with van der Waals surface area (Å²) in [7, 11) is 0. The lowest BCUT2D eigenvalue weighted by Crippen LogP contribution is -2.30. The van der Waals surface area contributed by atoms with Crippen molar-refractivity contribution in [1.82, 2.24) is 4.98 Å². The van der Waals surface area contributed by atoms with Crippen LogP contribution < -0.4 is 15.0 Å². The zero-order valence-electron chi connectivity index (χ0n) is 17.6. The molecule has 0 unspecified atom stereocenters. The van der Waals surface area contributed by atoms with E-state index in [0.29, 0.717) is 21.5 Å². The predicted octanol–water partition coefficient (Wildman–Crippen LogP) is 6.25.